The van der Waals surface area contributed by atoms with Gasteiger partial charge in [0.25, 0.3) is 0 Å². The van der Waals surface area contributed by atoms with E-state index >= 15 is 0 Å². The fourth-order valence-corrected chi connectivity index (χ4v) is 1.07. The standard InChI is InChI=1S/C9H8F3NO2/c10-6-3-5(1-2-13-9(14)15)4-7(11)8(6)12/h3-4,13H,1-2H2,(H,14,15). The van der Waals surface area contributed by atoms with Crippen LogP contribution in [0.25, 0.3) is 0 Å². The smallest absolute Gasteiger partial charge is 0.404 e. The van der Waals surface area contributed by atoms with Crippen molar-refractivity contribution in [3.05, 3.63) is 35.1 Å². The summed E-state index contributed by atoms with van der Waals surface area (Å²) in [5, 5.41) is 10.3. The zero-order chi connectivity index (χ0) is 11.4. The maximum atomic E-state index is 12.7. The van der Waals surface area contributed by atoms with Gasteiger partial charge in [0.05, 0.1) is 0 Å². The van der Waals surface area contributed by atoms with Gasteiger partial charge in [-0.3, -0.25) is 0 Å². The topological polar surface area (TPSA) is 49.3 Å². The average Bonchev–Trinajstić information content (AvgIpc) is 2.13. The van der Waals surface area contributed by atoms with Gasteiger partial charge in [-0.25, -0.2) is 18.0 Å². The molecule has 3 nitrogen and oxygen atoms in total. The van der Waals surface area contributed by atoms with E-state index in [1.807, 2.05) is 5.32 Å². The van der Waals surface area contributed by atoms with Crippen LogP contribution in [-0.2, 0) is 6.42 Å². The molecule has 1 aromatic rings. The molecule has 82 valence electrons. The Morgan fingerprint density at radius 2 is 1.80 bits per heavy atom. The molecule has 0 bridgehead atoms. The molecule has 15 heavy (non-hydrogen) atoms. The predicted octanol–water partition coefficient (Wildman–Crippen LogP) is 1.91. The quantitative estimate of drug-likeness (QED) is 0.763. The molecule has 0 aromatic heterocycles. The van der Waals surface area contributed by atoms with Crippen LogP contribution in [0.15, 0.2) is 12.1 Å². The molecule has 0 aliphatic heterocycles. The minimum atomic E-state index is -1.52. The number of halogens is 3. The first-order chi connectivity index (χ1) is 7.00. The van der Waals surface area contributed by atoms with Gasteiger partial charge in [-0.2, -0.15) is 0 Å². The summed E-state index contributed by atoms with van der Waals surface area (Å²) < 4.78 is 37.8. The first-order valence-corrected chi connectivity index (χ1v) is 4.11. The number of rotatable bonds is 3. The van der Waals surface area contributed by atoms with Crippen LogP contribution >= 0.6 is 0 Å². The third-order valence-corrected chi connectivity index (χ3v) is 1.73. The van der Waals surface area contributed by atoms with E-state index in [0.717, 1.165) is 12.1 Å². The van der Waals surface area contributed by atoms with Crippen molar-refractivity contribution in [2.45, 2.75) is 6.42 Å². The minimum Gasteiger partial charge on any atom is -0.465 e. The summed E-state index contributed by atoms with van der Waals surface area (Å²) in [5.41, 5.74) is 0.195. The SMILES string of the molecule is O=C(O)NCCc1cc(F)c(F)c(F)c1. The van der Waals surface area contributed by atoms with Gasteiger partial charge in [0.1, 0.15) is 0 Å². The molecular formula is C9H8F3NO2. The van der Waals surface area contributed by atoms with Crippen molar-refractivity contribution in [3.63, 3.8) is 0 Å². The molecule has 0 fully saturated rings. The summed E-state index contributed by atoms with van der Waals surface area (Å²) in [5.74, 6) is -4.08. The maximum Gasteiger partial charge on any atom is 0.404 e. The number of hydrogen-bond donors (Lipinski definition) is 2. The van der Waals surface area contributed by atoms with Gasteiger partial charge in [0.15, 0.2) is 17.5 Å². The van der Waals surface area contributed by atoms with Gasteiger partial charge in [0, 0.05) is 6.54 Å². The normalized spacial score (nSPS) is 10.1. The van der Waals surface area contributed by atoms with Crippen LogP contribution in [0.1, 0.15) is 5.56 Å². The van der Waals surface area contributed by atoms with E-state index in [0.29, 0.717) is 0 Å². The first-order valence-electron chi connectivity index (χ1n) is 4.11. The lowest BCUT2D eigenvalue weighted by Gasteiger charge is -2.03. The highest BCUT2D eigenvalue weighted by atomic mass is 19.2. The summed E-state index contributed by atoms with van der Waals surface area (Å²) in [6, 6.07) is 1.67. The van der Waals surface area contributed by atoms with Gasteiger partial charge in [-0.15, -0.1) is 0 Å². The van der Waals surface area contributed by atoms with Crippen LogP contribution in [0.2, 0.25) is 0 Å². The number of carbonyl (C=O) groups is 1. The molecule has 0 atom stereocenters. The highest BCUT2D eigenvalue weighted by Crippen LogP contribution is 2.13. The Kier molecular flexibility index (Phi) is 3.54. The molecule has 0 heterocycles. The second-order valence-electron chi connectivity index (χ2n) is 2.86. The summed E-state index contributed by atoms with van der Waals surface area (Å²) in [6.45, 7) is 0.0137. The molecule has 0 aliphatic carbocycles. The van der Waals surface area contributed by atoms with Gasteiger partial charge in [-0.1, -0.05) is 0 Å². The van der Waals surface area contributed by atoms with Gasteiger partial charge < -0.3 is 10.4 Å². The van der Waals surface area contributed by atoms with Crippen LogP contribution in [-0.4, -0.2) is 17.7 Å². The van der Waals surface area contributed by atoms with Crippen molar-refractivity contribution in [1.82, 2.24) is 5.32 Å². The number of amides is 1. The Hall–Kier alpha value is -1.72. The fraction of sp³-hybridized carbons (Fsp3) is 0.222. The fourth-order valence-electron chi connectivity index (χ4n) is 1.07. The van der Waals surface area contributed by atoms with Crippen LogP contribution in [0.5, 0.6) is 0 Å². The molecule has 1 aromatic carbocycles. The lowest BCUT2D eigenvalue weighted by Crippen LogP contribution is -2.23. The molecule has 0 aliphatic rings. The molecule has 2 N–H and O–H groups in total. The van der Waals surface area contributed by atoms with Crippen molar-refractivity contribution in [3.8, 4) is 0 Å². The van der Waals surface area contributed by atoms with E-state index in [4.69, 9.17) is 5.11 Å². The Bertz CT molecular complexity index is 359. The van der Waals surface area contributed by atoms with Crippen LogP contribution in [0.4, 0.5) is 18.0 Å². The molecule has 0 spiro atoms. The Balaban J connectivity index is 2.66. The molecular weight excluding hydrogens is 211 g/mol. The molecule has 0 saturated carbocycles. The highest BCUT2D eigenvalue weighted by molar-refractivity contribution is 5.64. The highest BCUT2D eigenvalue weighted by Gasteiger charge is 2.10. The lowest BCUT2D eigenvalue weighted by atomic mass is 10.1. The molecule has 1 amide bonds. The second-order valence-corrected chi connectivity index (χ2v) is 2.86. The van der Waals surface area contributed by atoms with Gasteiger partial charge in [-0.05, 0) is 24.1 Å². The van der Waals surface area contributed by atoms with Gasteiger partial charge in [0.2, 0.25) is 0 Å². The van der Waals surface area contributed by atoms with Crippen molar-refractivity contribution >= 4 is 6.09 Å². The number of carboxylic acid groups (broad SMARTS) is 1. The average molecular weight is 219 g/mol. The monoisotopic (exact) mass is 219 g/mol. The number of nitrogens with one attached hydrogen (secondary N) is 1. The summed E-state index contributed by atoms with van der Waals surface area (Å²) in [6.07, 6.45) is -1.13. The van der Waals surface area contributed by atoms with E-state index in [-0.39, 0.29) is 18.5 Å². The Morgan fingerprint density at radius 3 is 2.27 bits per heavy atom. The Morgan fingerprint density at radius 1 is 1.27 bits per heavy atom. The van der Waals surface area contributed by atoms with Gasteiger partial charge >= 0.3 is 6.09 Å². The summed E-state index contributed by atoms with van der Waals surface area (Å²) >= 11 is 0. The molecule has 0 radical (unpaired) electrons. The predicted molar refractivity (Wildman–Crippen MR) is 46.0 cm³/mol. The number of benzene rings is 1. The molecule has 6 heteroatoms. The van der Waals surface area contributed by atoms with E-state index in [2.05, 4.69) is 0 Å². The third kappa shape index (κ3) is 3.16. The summed E-state index contributed by atoms with van der Waals surface area (Å²) in [7, 11) is 0. The van der Waals surface area contributed by atoms with Crippen LogP contribution < -0.4 is 5.32 Å². The van der Waals surface area contributed by atoms with Crippen molar-refractivity contribution in [1.29, 1.82) is 0 Å². The number of hydrogen-bond acceptors (Lipinski definition) is 1. The van der Waals surface area contributed by atoms with Crippen molar-refractivity contribution in [2.24, 2.45) is 0 Å². The Labute approximate surface area is 83.5 Å². The molecule has 0 saturated heterocycles. The zero-order valence-electron chi connectivity index (χ0n) is 7.56. The van der Waals surface area contributed by atoms with E-state index < -0.39 is 23.5 Å². The third-order valence-electron chi connectivity index (χ3n) is 1.73. The van der Waals surface area contributed by atoms with E-state index in [9.17, 15) is 18.0 Å². The second kappa shape index (κ2) is 4.68. The first kappa shape index (κ1) is 11.4. The van der Waals surface area contributed by atoms with Crippen LogP contribution in [0, 0.1) is 17.5 Å². The lowest BCUT2D eigenvalue weighted by molar-refractivity contribution is 0.194. The maximum absolute atomic E-state index is 12.7. The minimum absolute atomic E-state index is 0.0137. The van der Waals surface area contributed by atoms with Crippen molar-refractivity contribution in [2.75, 3.05) is 6.54 Å². The van der Waals surface area contributed by atoms with Crippen molar-refractivity contribution < 1.29 is 23.1 Å². The molecule has 0 unspecified atom stereocenters. The molecule has 1 rings (SSSR count). The van der Waals surface area contributed by atoms with E-state index in [1.165, 1.54) is 0 Å². The van der Waals surface area contributed by atoms with E-state index in [1.54, 1.807) is 0 Å². The zero-order valence-corrected chi connectivity index (χ0v) is 7.56. The van der Waals surface area contributed by atoms with Crippen LogP contribution in [0.3, 0.4) is 0 Å². The summed E-state index contributed by atoms with van der Waals surface area (Å²) in [4.78, 5) is 10.1. The largest absolute Gasteiger partial charge is 0.465 e.